The first-order valence-electron chi connectivity index (χ1n) is 7.98. The van der Waals surface area contributed by atoms with Crippen molar-refractivity contribution < 1.29 is 14.3 Å². The van der Waals surface area contributed by atoms with Crippen molar-refractivity contribution in [1.82, 2.24) is 10.6 Å². The number of hydrogen-bond acceptors (Lipinski definition) is 4. The van der Waals surface area contributed by atoms with Crippen LogP contribution in [0.15, 0.2) is 12.7 Å². The molecule has 2 atom stereocenters. The highest BCUT2D eigenvalue weighted by Crippen LogP contribution is 2.10. The van der Waals surface area contributed by atoms with Crippen LogP contribution in [-0.4, -0.2) is 36.1 Å². The Kier molecular flexibility index (Phi) is 9.02. The van der Waals surface area contributed by atoms with E-state index in [-0.39, 0.29) is 29.9 Å². The smallest absolute Gasteiger partial charge is 0.323 e. The van der Waals surface area contributed by atoms with Crippen LogP contribution in [-0.2, 0) is 14.3 Å². The van der Waals surface area contributed by atoms with Crippen LogP contribution in [0.2, 0.25) is 0 Å². The summed E-state index contributed by atoms with van der Waals surface area (Å²) in [6.45, 7) is 15.4. The lowest BCUT2D eigenvalue weighted by atomic mass is 9.99. The Morgan fingerprint density at radius 2 is 1.86 bits per heavy atom. The quantitative estimate of drug-likeness (QED) is 0.507. The maximum atomic E-state index is 12.4. The average molecular weight is 312 g/mol. The Labute approximate surface area is 134 Å². The van der Waals surface area contributed by atoms with Crippen LogP contribution in [0, 0.1) is 5.92 Å². The molecule has 5 heteroatoms. The molecule has 0 radical (unpaired) electrons. The highest BCUT2D eigenvalue weighted by Gasteiger charge is 2.30. The van der Waals surface area contributed by atoms with Gasteiger partial charge >= 0.3 is 5.97 Å². The number of carbonyl (C=O) groups is 2. The summed E-state index contributed by atoms with van der Waals surface area (Å²) in [5, 5.41) is 6.13. The van der Waals surface area contributed by atoms with Crippen LogP contribution in [0.5, 0.6) is 0 Å². The molecule has 0 aliphatic carbocycles. The maximum absolute atomic E-state index is 12.4. The predicted molar refractivity (Wildman–Crippen MR) is 89.5 cm³/mol. The third-order valence-corrected chi connectivity index (χ3v) is 3.03. The van der Waals surface area contributed by atoms with Gasteiger partial charge in [-0.1, -0.05) is 39.8 Å². The first-order chi connectivity index (χ1) is 10.1. The Morgan fingerprint density at radius 1 is 1.27 bits per heavy atom. The normalized spacial score (nSPS) is 14.3. The number of ether oxygens (including phenoxy) is 1. The largest absolute Gasteiger partial charge is 0.460 e. The molecule has 0 aliphatic heterocycles. The van der Waals surface area contributed by atoms with E-state index >= 15 is 0 Å². The Morgan fingerprint density at radius 3 is 2.27 bits per heavy atom. The second-order valence-corrected chi connectivity index (χ2v) is 6.89. The molecule has 0 rings (SSSR count). The summed E-state index contributed by atoms with van der Waals surface area (Å²) in [6, 6.07) is -0.921. The van der Waals surface area contributed by atoms with E-state index in [1.54, 1.807) is 0 Å². The van der Waals surface area contributed by atoms with E-state index in [9.17, 15) is 9.59 Å². The van der Waals surface area contributed by atoms with E-state index in [0.717, 1.165) is 6.42 Å². The van der Waals surface area contributed by atoms with Crippen LogP contribution in [0.1, 0.15) is 54.4 Å². The lowest BCUT2D eigenvalue weighted by Crippen LogP contribution is -2.56. The van der Waals surface area contributed by atoms with Gasteiger partial charge in [0.1, 0.15) is 12.6 Å². The second kappa shape index (κ2) is 9.62. The van der Waals surface area contributed by atoms with E-state index in [2.05, 4.69) is 17.2 Å². The number of rotatable bonds is 9. The summed E-state index contributed by atoms with van der Waals surface area (Å²) in [7, 11) is 0. The van der Waals surface area contributed by atoms with Gasteiger partial charge in [-0.25, -0.2) is 0 Å². The topological polar surface area (TPSA) is 67.4 Å². The van der Waals surface area contributed by atoms with E-state index < -0.39 is 12.1 Å². The molecule has 2 N–H and O–H groups in total. The highest BCUT2D eigenvalue weighted by molar-refractivity contribution is 5.84. The van der Waals surface area contributed by atoms with Crippen LogP contribution in [0.3, 0.4) is 0 Å². The minimum atomic E-state index is -0.483. The van der Waals surface area contributed by atoms with Gasteiger partial charge in [-0.3, -0.25) is 14.9 Å². The number of hydrogen-bond donors (Lipinski definition) is 2. The van der Waals surface area contributed by atoms with Crippen molar-refractivity contribution in [3.05, 3.63) is 12.7 Å². The van der Waals surface area contributed by atoms with Crippen molar-refractivity contribution in [1.29, 1.82) is 0 Å². The van der Waals surface area contributed by atoms with Crippen LogP contribution >= 0.6 is 0 Å². The van der Waals surface area contributed by atoms with Crippen molar-refractivity contribution in [3.63, 3.8) is 0 Å². The molecule has 22 heavy (non-hydrogen) atoms. The minimum Gasteiger partial charge on any atom is -0.460 e. The van der Waals surface area contributed by atoms with Crippen LogP contribution in [0.4, 0.5) is 0 Å². The molecule has 0 aromatic carbocycles. The first kappa shape index (κ1) is 20.6. The molecular weight excluding hydrogens is 280 g/mol. The summed E-state index contributed by atoms with van der Waals surface area (Å²) in [5.41, 5.74) is -0.310. The number of nitrogens with one attached hydrogen (secondary N) is 2. The van der Waals surface area contributed by atoms with Gasteiger partial charge in [-0.15, -0.1) is 0 Å². The zero-order valence-corrected chi connectivity index (χ0v) is 14.9. The summed E-state index contributed by atoms with van der Waals surface area (Å²) in [5.74, 6) is -0.370. The van der Waals surface area contributed by atoms with Crippen molar-refractivity contribution in [2.75, 3.05) is 6.61 Å². The fraction of sp³-hybridized carbons (Fsp3) is 0.765. The zero-order chi connectivity index (χ0) is 17.3. The van der Waals surface area contributed by atoms with Gasteiger partial charge < -0.3 is 10.1 Å². The summed E-state index contributed by atoms with van der Waals surface area (Å²) < 4.78 is 5.12. The molecular formula is C17H32N2O3. The number of esters is 1. The van der Waals surface area contributed by atoms with E-state index in [1.165, 1.54) is 6.08 Å². The standard InChI is InChI=1S/C17H32N2O3/c1-8-10-13(16(21)22-11-9-2)18-14(12(3)4)15(20)19-17(5,6)7/h9,12-14,18H,2,8,10-11H2,1,3-7H3,(H,19,20)/t13-,14?/m0/s1. The first-order valence-corrected chi connectivity index (χ1v) is 7.98. The van der Waals surface area contributed by atoms with Crippen LogP contribution in [0.25, 0.3) is 0 Å². The summed E-state index contributed by atoms with van der Waals surface area (Å²) >= 11 is 0. The van der Waals surface area contributed by atoms with E-state index in [4.69, 9.17) is 4.74 Å². The fourth-order valence-corrected chi connectivity index (χ4v) is 2.03. The van der Waals surface area contributed by atoms with Gasteiger partial charge in [0.25, 0.3) is 0 Å². The minimum absolute atomic E-state index is 0.0638. The van der Waals surface area contributed by atoms with Gasteiger partial charge in [0.05, 0.1) is 6.04 Å². The lowest BCUT2D eigenvalue weighted by molar-refractivity contribution is -0.145. The van der Waals surface area contributed by atoms with Gasteiger partial charge in [-0.05, 0) is 33.1 Å². The molecule has 0 fully saturated rings. The molecule has 0 bridgehead atoms. The predicted octanol–water partition coefficient (Wildman–Crippen LogP) is 2.41. The van der Waals surface area contributed by atoms with E-state index in [0.29, 0.717) is 6.42 Å². The zero-order valence-electron chi connectivity index (χ0n) is 14.9. The van der Waals surface area contributed by atoms with Crippen LogP contribution < -0.4 is 10.6 Å². The highest BCUT2D eigenvalue weighted by atomic mass is 16.5. The molecule has 128 valence electrons. The molecule has 0 aromatic heterocycles. The van der Waals surface area contributed by atoms with Crippen molar-refractivity contribution in [2.24, 2.45) is 5.92 Å². The molecule has 0 saturated carbocycles. The Bertz CT molecular complexity index is 373. The third-order valence-electron chi connectivity index (χ3n) is 3.03. The maximum Gasteiger partial charge on any atom is 0.323 e. The van der Waals surface area contributed by atoms with Crippen molar-refractivity contribution in [3.8, 4) is 0 Å². The van der Waals surface area contributed by atoms with Gasteiger partial charge in [-0.2, -0.15) is 0 Å². The molecule has 1 amide bonds. The van der Waals surface area contributed by atoms with Gasteiger partial charge in [0.2, 0.25) is 5.91 Å². The SMILES string of the molecule is C=CCOC(=O)[C@H](CCC)NC(C(=O)NC(C)(C)C)C(C)C. The molecule has 5 nitrogen and oxygen atoms in total. The number of carbonyl (C=O) groups excluding carboxylic acids is 2. The van der Waals surface area contributed by atoms with Crippen molar-refractivity contribution in [2.45, 2.75) is 72.0 Å². The van der Waals surface area contributed by atoms with Gasteiger partial charge in [0.15, 0.2) is 0 Å². The monoisotopic (exact) mass is 312 g/mol. The molecule has 0 aromatic rings. The van der Waals surface area contributed by atoms with Crippen molar-refractivity contribution >= 4 is 11.9 Å². The number of amides is 1. The lowest BCUT2D eigenvalue weighted by Gasteiger charge is -2.30. The van der Waals surface area contributed by atoms with Gasteiger partial charge in [0, 0.05) is 5.54 Å². The second-order valence-electron chi connectivity index (χ2n) is 6.89. The Balaban J connectivity index is 4.95. The molecule has 0 spiro atoms. The fourth-order valence-electron chi connectivity index (χ4n) is 2.03. The summed E-state index contributed by atoms with van der Waals surface area (Å²) in [4.78, 5) is 24.5. The molecule has 0 heterocycles. The molecule has 0 aliphatic rings. The average Bonchev–Trinajstić information content (AvgIpc) is 2.37. The third kappa shape index (κ3) is 8.17. The molecule has 1 unspecified atom stereocenters. The Hall–Kier alpha value is -1.36. The molecule has 0 saturated heterocycles. The summed E-state index contributed by atoms with van der Waals surface area (Å²) in [6.07, 6.45) is 2.99. The van der Waals surface area contributed by atoms with E-state index in [1.807, 2.05) is 41.5 Å².